The molecule has 1 saturated carbocycles. The lowest BCUT2D eigenvalue weighted by Crippen LogP contribution is -2.20. The third-order valence-corrected chi connectivity index (χ3v) is 5.33. The number of thiazole rings is 1. The van der Waals surface area contributed by atoms with E-state index in [1.165, 1.54) is 37.0 Å². The third kappa shape index (κ3) is 3.43. The molecule has 0 aromatic carbocycles. The highest BCUT2D eigenvalue weighted by Crippen LogP contribution is 2.32. The SMILES string of the molecule is NC(C(=O)O)c1csc(CSC2CCCC2)n1. The number of carboxylic acid groups (broad SMARTS) is 1. The summed E-state index contributed by atoms with van der Waals surface area (Å²) in [6.45, 7) is 0. The molecule has 0 spiro atoms. The van der Waals surface area contributed by atoms with Gasteiger partial charge in [-0.25, -0.2) is 4.98 Å². The first-order chi connectivity index (χ1) is 8.16. The molecule has 1 atom stereocenters. The van der Waals surface area contributed by atoms with Crippen LogP contribution in [-0.2, 0) is 10.5 Å². The number of hydrogen-bond donors (Lipinski definition) is 2. The van der Waals surface area contributed by atoms with Crippen LogP contribution in [0.1, 0.15) is 42.4 Å². The van der Waals surface area contributed by atoms with Crippen LogP contribution in [0.4, 0.5) is 0 Å². The maximum absolute atomic E-state index is 10.7. The minimum atomic E-state index is -1.02. The molecular formula is C11H16N2O2S2. The predicted octanol–water partition coefficient (Wildman–Crippen LogP) is 2.40. The smallest absolute Gasteiger partial charge is 0.326 e. The zero-order valence-corrected chi connectivity index (χ0v) is 11.1. The largest absolute Gasteiger partial charge is 0.480 e. The van der Waals surface area contributed by atoms with Crippen molar-refractivity contribution in [1.82, 2.24) is 4.98 Å². The Morgan fingerprint density at radius 2 is 2.35 bits per heavy atom. The normalized spacial score (nSPS) is 18.4. The maximum atomic E-state index is 10.7. The molecule has 1 unspecified atom stereocenters. The Bertz CT molecular complexity index is 389. The van der Waals surface area contributed by atoms with Crippen molar-refractivity contribution < 1.29 is 9.90 Å². The lowest BCUT2D eigenvalue weighted by molar-refractivity contribution is -0.138. The Morgan fingerprint density at radius 1 is 1.65 bits per heavy atom. The Hall–Kier alpha value is -0.590. The summed E-state index contributed by atoms with van der Waals surface area (Å²) < 4.78 is 0. The molecule has 0 aliphatic heterocycles. The summed E-state index contributed by atoms with van der Waals surface area (Å²) >= 11 is 3.43. The summed E-state index contributed by atoms with van der Waals surface area (Å²) in [5.41, 5.74) is 5.98. The number of thioether (sulfide) groups is 1. The van der Waals surface area contributed by atoms with Gasteiger partial charge in [0.25, 0.3) is 0 Å². The molecule has 0 amide bonds. The lowest BCUT2D eigenvalue weighted by atomic mass is 10.2. The highest BCUT2D eigenvalue weighted by atomic mass is 32.2. The van der Waals surface area contributed by atoms with E-state index in [2.05, 4.69) is 4.98 Å². The Kier molecular flexibility index (Phi) is 4.42. The molecule has 6 heteroatoms. The third-order valence-electron chi connectivity index (χ3n) is 2.90. The molecule has 3 N–H and O–H groups in total. The summed E-state index contributed by atoms with van der Waals surface area (Å²) in [5, 5.41) is 12.3. The van der Waals surface area contributed by atoms with E-state index < -0.39 is 12.0 Å². The van der Waals surface area contributed by atoms with E-state index in [0.717, 1.165) is 16.0 Å². The summed E-state index contributed by atoms with van der Waals surface area (Å²) in [5.74, 6) is -0.146. The number of carboxylic acids is 1. The van der Waals surface area contributed by atoms with Gasteiger partial charge in [0, 0.05) is 16.4 Å². The number of nitrogens with zero attached hydrogens (tertiary/aromatic N) is 1. The van der Waals surface area contributed by atoms with Crippen LogP contribution in [0.2, 0.25) is 0 Å². The number of rotatable bonds is 5. The minimum absolute atomic E-state index is 0.476. The highest BCUT2D eigenvalue weighted by Gasteiger charge is 2.19. The van der Waals surface area contributed by atoms with Gasteiger partial charge in [-0.3, -0.25) is 4.79 Å². The Balaban J connectivity index is 1.87. The van der Waals surface area contributed by atoms with Crippen molar-refractivity contribution in [2.24, 2.45) is 5.73 Å². The lowest BCUT2D eigenvalue weighted by Gasteiger charge is -2.06. The molecule has 1 aliphatic carbocycles. The van der Waals surface area contributed by atoms with Crippen molar-refractivity contribution in [3.05, 3.63) is 16.1 Å². The number of aliphatic carboxylic acids is 1. The molecule has 1 aromatic heterocycles. The fourth-order valence-electron chi connectivity index (χ4n) is 1.90. The van der Waals surface area contributed by atoms with Crippen molar-refractivity contribution >= 4 is 29.1 Å². The molecule has 1 fully saturated rings. The van der Waals surface area contributed by atoms with Crippen molar-refractivity contribution in [3.63, 3.8) is 0 Å². The molecule has 1 heterocycles. The topological polar surface area (TPSA) is 76.2 Å². The van der Waals surface area contributed by atoms with Crippen LogP contribution < -0.4 is 5.73 Å². The molecular weight excluding hydrogens is 256 g/mol. The van der Waals surface area contributed by atoms with Gasteiger partial charge in [-0.05, 0) is 12.8 Å². The van der Waals surface area contributed by atoms with Crippen molar-refractivity contribution in [2.75, 3.05) is 0 Å². The first-order valence-electron chi connectivity index (χ1n) is 5.71. The summed E-state index contributed by atoms with van der Waals surface area (Å²) in [6.07, 6.45) is 5.28. The molecule has 4 nitrogen and oxygen atoms in total. The average molecular weight is 272 g/mol. The van der Waals surface area contributed by atoms with Crippen LogP contribution in [0.25, 0.3) is 0 Å². The van der Waals surface area contributed by atoms with Crippen LogP contribution in [0.5, 0.6) is 0 Å². The van der Waals surface area contributed by atoms with Crippen LogP contribution in [0, 0.1) is 0 Å². The summed E-state index contributed by atoms with van der Waals surface area (Å²) in [7, 11) is 0. The van der Waals surface area contributed by atoms with E-state index in [1.54, 1.807) is 5.38 Å². The standard InChI is InChI=1S/C11H16N2O2S2/c12-10(11(14)15)8-5-17-9(13-8)6-16-7-3-1-2-4-7/h5,7,10H,1-4,6,12H2,(H,14,15). The second kappa shape index (κ2) is 5.84. The van der Waals surface area contributed by atoms with Crippen LogP contribution in [-0.4, -0.2) is 21.3 Å². The van der Waals surface area contributed by atoms with Crippen molar-refractivity contribution in [2.45, 2.75) is 42.7 Å². The molecule has 0 radical (unpaired) electrons. The van der Waals surface area contributed by atoms with Gasteiger partial charge >= 0.3 is 5.97 Å². The van der Waals surface area contributed by atoms with Crippen molar-refractivity contribution in [1.29, 1.82) is 0 Å². The Labute approximate surface area is 109 Å². The molecule has 2 rings (SSSR count). The van der Waals surface area contributed by atoms with Gasteiger partial charge in [0.15, 0.2) is 0 Å². The highest BCUT2D eigenvalue weighted by molar-refractivity contribution is 7.99. The summed E-state index contributed by atoms with van der Waals surface area (Å²) in [4.78, 5) is 15.0. The number of hydrogen-bond acceptors (Lipinski definition) is 5. The fourth-order valence-corrected chi connectivity index (χ4v) is 4.10. The first kappa shape index (κ1) is 12.9. The van der Waals surface area contributed by atoms with Gasteiger partial charge in [-0.15, -0.1) is 11.3 Å². The van der Waals surface area contributed by atoms with Crippen molar-refractivity contribution in [3.8, 4) is 0 Å². The van der Waals surface area contributed by atoms with E-state index in [4.69, 9.17) is 10.8 Å². The monoisotopic (exact) mass is 272 g/mol. The van der Waals surface area contributed by atoms with Gasteiger partial charge in [0.1, 0.15) is 11.0 Å². The van der Waals surface area contributed by atoms with Crippen LogP contribution >= 0.6 is 23.1 Å². The van der Waals surface area contributed by atoms with Gasteiger partial charge in [-0.1, -0.05) is 12.8 Å². The molecule has 1 aliphatic rings. The second-order valence-electron chi connectivity index (χ2n) is 4.20. The average Bonchev–Trinajstić information content (AvgIpc) is 2.96. The quantitative estimate of drug-likeness (QED) is 0.860. The van der Waals surface area contributed by atoms with Crippen LogP contribution in [0.15, 0.2) is 5.38 Å². The second-order valence-corrected chi connectivity index (χ2v) is 6.43. The first-order valence-corrected chi connectivity index (χ1v) is 7.64. The van der Waals surface area contributed by atoms with E-state index >= 15 is 0 Å². The van der Waals surface area contributed by atoms with E-state index in [9.17, 15) is 4.79 Å². The van der Waals surface area contributed by atoms with E-state index in [0.29, 0.717) is 5.69 Å². The zero-order chi connectivity index (χ0) is 12.3. The molecule has 0 saturated heterocycles. The predicted molar refractivity (Wildman–Crippen MR) is 70.2 cm³/mol. The minimum Gasteiger partial charge on any atom is -0.480 e. The molecule has 1 aromatic rings. The maximum Gasteiger partial charge on any atom is 0.326 e. The van der Waals surface area contributed by atoms with E-state index in [1.807, 2.05) is 11.8 Å². The van der Waals surface area contributed by atoms with Gasteiger partial charge in [0.2, 0.25) is 0 Å². The van der Waals surface area contributed by atoms with E-state index in [-0.39, 0.29) is 0 Å². The number of nitrogens with two attached hydrogens (primary N) is 1. The summed E-state index contributed by atoms with van der Waals surface area (Å²) in [6, 6.07) is -0.989. The fraction of sp³-hybridized carbons (Fsp3) is 0.636. The molecule has 17 heavy (non-hydrogen) atoms. The van der Waals surface area contributed by atoms with Gasteiger partial charge in [-0.2, -0.15) is 11.8 Å². The molecule has 0 bridgehead atoms. The van der Waals surface area contributed by atoms with Crippen LogP contribution in [0.3, 0.4) is 0 Å². The number of aromatic nitrogens is 1. The number of carbonyl (C=O) groups is 1. The zero-order valence-electron chi connectivity index (χ0n) is 9.46. The van der Waals surface area contributed by atoms with Gasteiger partial charge in [0.05, 0.1) is 5.69 Å². The molecule has 94 valence electrons. The van der Waals surface area contributed by atoms with Gasteiger partial charge < -0.3 is 10.8 Å². The Morgan fingerprint density at radius 3 is 3.00 bits per heavy atom.